The molecule has 0 bridgehead atoms. The lowest BCUT2D eigenvalue weighted by Crippen LogP contribution is -2.14. The monoisotopic (exact) mass is 488 g/mol. The molecular weight excluding hydrogens is 464 g/mol. The van der Waals surface area contributed by atoms with E-state index in [1.54, 1.807) is 48.5 Å². The molecule has 0 aromatic heterocycles. The van der Waals surface area contributed by atoms with E-state index in [2.05, 4.69) is 10.0 Å². The number of hydrogen-bond acceptors (Lipinski definition) is 5. The second kappa shape index (κ2) is 11.1. The van der Waals surface area contributed by atoms with E-state index in [0.717, 1.165) is 5.56 Å². The first-order chi connectivity index (χ1) is 15.8. The van der Waals surface area contributed by atoms with Crippen molar-refractivity contribution in [2.45, 2.75) is 24.7 Å². The zero-order valence-corrected chi connectivity index (χ0v) is 19.9. The number of halogens is 1. The van der Waals surface area contributed by atoms with Crippen molar-refractivity contribution >= 4 is 38.9 Å². The molecule has 9 heteroatoms. The van der Waals surface area contributed by atoms with Crippen molar-refractivity contribution in [2.24, 2.45) is 0 Å². The Labute approximate surface area is 198 Å². The van der Waals surface area contributed by atoms with Gasteiger partial charge in [-0.05, 0) is 85.6 Å². The summed E-state index contributed by atoms with van der Waals surface area (Å²) in [5.41, 5.74) is 1.86. The maximum Gasteiger partial charge on any atom is 0.261 e. The van der Waals surface area contributed by atoms with Crippen LogP contribution in [0.3, 0.4) is 0 Å². The SMILES string of the molecule is COc1ccc(NS(=O)(=O)c2ccc(NC(=O)CCCOc3ccc(Cl)c(C)c3)cc2)cc1. The summed E-state index contributed by atoms with van der Waals surface area (Å²) in [6.07, 6.45) is 0.803. The summed E-state index contributed by atoms with van der Waals surface area (Å²) < 4.78 is 38.4. The minimum Gasteiger partial charge on any atom is -0.497 e. The summed E-state index contributed by atoms with van der Waals surface area (Å²) in [5.74, 6) is 1.15. The molecule has 1 amide bonds. The van der Waals surface area contributed by atoms with Gasteiger partial charge in [-0.1, -0.05) is 11.6 Å². The Bertz CT molecular complexity index is 1200. The smallest absolute Gasteiger partial charge is 0.261 e. The van der Waals surface area contributed by atoms with Gasteiger partial charge in [0.15, 0.2) is 0 Å². The molecule has 3 aromatic carbocycles. The van der Waals surface area contributed by atoms with E-state index in [9.17, 15) is 13.2 Å². The van der Waals surface area contributed by atoms with Gasteiger partial charge in [-0.3, -0.25) is 9.52 Å². The lowest BCUT2D eigenvalue weighted by molar-refractivity contribution is -0.116. The van der Waals surface area contributed by atoms with Crippen molar-refractivity contribution in [3.05, 3.63) is 77.3 Å². The molecule has 3 aromatic rings. The number of anilines is 2. The number of sulfonamides is 1. The first-order valence-electron chi connectivity index (χ1n) is 10.2. The molecule has 0 unspecified atom stereocenters. The van der Waals surface area contributed by atoms with Gasteiger partial charge < -0.3 is 14.8 Å². The largest absolute Gasteiger partial charge is 0.497 e. The van der Waals surface area contributed by atoms with Gasteiger partial charge in [0.05, 0.1) is 18.6 Å². The fraction of sp³-hybridized carbons (Fsp3) is 0.208. The van der Waals surface area contributed by atoms with Gasteiger partial charge in [-0.2, -0.15) is 0 Å². The Morgan fingerprint density at radius 1 is 0.939 bits per heavy atom. The fourth-order valence-electron chi connectivity index (χ4n) is 2.94. The second-order valence-electron chi connectivity index (χ2n) is 7.27. The molecule has 0 saturated carbocycles. The molecule has 0 radical (unpaired) electrons. The van der Waals surface area contributed by atoms with Gasteiger partial charge in [0.1, 0.15) is 11.5 Å². The maximum atomic E-state index is 12.6. The van der Waals surface area contributed by atoms with E-state index in [1.165, 1.54) is 19.2 Å². The summed E-state index contributed by atoms with van der Waals surface area (Å²) in [6, 6.07) is 17.9. The van der Waals surface area contributed by atoms with Gasteiger partial charge >= 0.3 is 0 Å². The lowest BCUT2D eigenvalue weighted by atomic mass is 10.2. The first-order valence-corrected chi connectivity index (χ1v) is 12.1. The third-order valence-electron chi connectivity index (χ3n) is 4.74. The minimum absolute atomic E-state index is 0.0861. The number of nitrogens with one attached hydrogen (secondary N) is 2. The Morgan fingerprint density at radius 2 is 1.58 bits per heavy atom. The van der Waals surface area contributed by atoms with Crippen LogP contribution in [0.15, 0.2) is 71.6 Å². The summed E-state index contributed by atoms with van der Waals surface area (Å²) >= 11 is 5.99. The predicted molar refractivity (Wildman–Crippen MR) is 130 cm³/mol. The number of hydrogen-bond donors (Lipinski definition) is 2. The van der Waals surface area contributed by atoms with E-state index in [1.807, 2.05) is 13.0 Å². The Morgan fingerprint density at radius 3 is 2.21 bits per heavy atom. The first kappa shape index (κ1) is 24.4. The van der Waals surface area contributed by atoms with Crippen LogP contribution in [0.25, 0.3) is 0 Å². The van der Waals surface area contributed by atoms with Crippen LogP contribution in [-0.2, 0) is 14.8 Å². The Hall–Kier alpha value is -3.23. The lowest BCUT2D eigenvalue weighted by Gasteiger charge is -2.10. The molecule has 3 rings (SSSR count). The van der Waals surface area contributed by atoms with Gasteiger partial charge in [0.2, 0.25) is 5.91 Å². The maximum absolute atomic E-state index is 12.6. The summed E-state index contributed by atoms with van der Waals surface area (Å²) in [7, 11) is -2.22. The average molecular weight is 489 g/mol. The predicted octanol–water partition coefficient (Wildman–Crippen LogP) is 5.26. The van der Waals surface area contributed by atoms with Crippen molar-refractivity contribution in [1.29, 1.82) is 0 Å². The molecular formula is C24H25ClN2O5S. The number of ether oxygens (including phenoxy) is 2. The van der Waals surface area contributed by atoms with Crippen LogP contribution in [-0.4, -0.2) is 28.0 Å². The third-order valence-corrected chi connectivity index (χ3v) is 6.56. The molecule has 0 aliphatic carbocycles. The van der Waals surface area contributed by atoms with Crippen LogP contribution < -0.4 is 19.5 Å². The fourth-order valence-corrected chi connectivity index (χ4v) is 4.12. The minimum atomic E-state index is -3.76. The summed E-state index contributed by atoms with van der Waals surface area (Å²) in [6.45, 7) is 2.29. The van der Waals surface area contributed by atoms with E-state index >= 15 is 0 Å². The molecule has 0 saturated heterocycles. The Balaban J connectivity index is 1.47. The molecule has 0 aliphatic rings. The highest BCUT2D eigenvalue weighted by atomic mass is 35.5. The van der Waals surface area contributed by atoms with Crippen LogP contribution in [0, 0.1) is 6.92 Å². The summed E-state index contributed by atoms with van der Waals surface area (Å²) in [5, 5.41) is 3.43. The highest BCUT2D eigenvalue weighted by Crippen LogP contribution is 2.22. The molecule has 0 heterocycles. The number of carbonyl (C=O) groups excluding carboxylic acids is 1. The Kier molecular flexibility index (Phi) is 8.19. The van der Waals surface area contributed by atoms with E-state index in [-0.39, 0.29) is 17.2 Å². The zero-order valence-electron chi connectivity index (χ0n) is 18.3. The van der Waals surface area contributed by atoms with Gasteiger partial charge in [0.25, 0.3) is 10.0 Å². The van der Waals surface area contributed by atoms with Gasteiger partial charge in [-0.25, -0.2) is 8.42 Å². The number of rotatable bonds is 10. The third kappa shape index (κ3) is 7.13. The molecule has 0 atom stereocenters. The normalized spacial score (nSPS) is 11.0. The van der Waals surface area contributed by atoms with Crippen molar-refractivity contribution < 1.29 is 22.7 Å². The topological polar surface area (TPSA) is 93.7 Å². The van der Waals surface area contributed by atoms with Crippen molar-refractivity contribution in [3.8, 4) is 11.5 Å². The molecule has 33 heavy (non-hydrogen) atoms. The van der Waals surface area contributed by atoms with E-state index in [4.69, 9.17) is 21.1 Å². The van der Waals surface area contributed by atoms with Crippen LogP contribution >= 0.6 is 11.6 Å². The quantitative estimate of drug-likeness (QED) is 0.380. The van der Waals surface area contributed by atoms with Crippen LogP contribution in [0.5, 0.6) is 11.5 Å². The van der Waals surface area contributed by atoms with Crippen LogP contribution in [0.1, 0.15) is 18.4 Å². The highest BCUT2D eigenvalue weighted by Gasteiger charge is 2.14. The number of methoxy groups -OCH3 is 1. The molecule has 7 nitrogen and oxygen atoms in total. The van der Waals surface area contributed by atoms with Crippen LogP contribution in [0.4, 0.5) is 11.4 Å². The van der Waals surface area contributed by atoms with E-state index < -0.39 is 10.0 Å². The second-order valence-corrected chi connectivity index (χ2v) is 9.36. The summed E-state index contributed by atoms with van der Waals surface area (Å²) in [4.78, 5) is 12.3. The van der Waals surface area contributed by atoms with Gasteiger partial charge in [-0.15, -0.1) is 0 Å². The molecule has 2 N–H and O–H groups in total. The molecule has 0 fully saturated rings. The molecule has 0 spiro atoms. The number of carbonyl (C=O) groups is 1. The van der Waals surface area contributed by atoms with Crippen molar-refractivity contribution in [1.82, 2.24) is 0 Å². The average Bonchev–Trinajstić information content (AvgIpc) is 2.79. The highest BCUT2D eigenvalue weighted by molar-refractivity contribution is 7.92. The standard InChI is InChI=1S/C24H25ClN2O5S/c1-17-16-21(11-14-23(17)25)32-15-3-4-24(28)26-18-7-12-22(13-8-18)33(29,30)27-19-5-9-20(31-2)10-6-19/h5-14,16,27H,3-4,15H2,1-2H3,(H,26,28). The van der Waals surface area contributed by atoms with Gasteiger partial charge in [0, 0.05) is 22.8 Å². The number of amides is 1. The van der Waals surface area contributed by atoms with Crippen LogP contribution in [0.2, 0.25) is 5.02 Å². The van der Waals surface area contributed by atoms with Crippen molar-refractivity contribution in [3.63, 3.8) is 0 Å². The number of aryl methyl sites for hydroxylation is 1. The number of benzene rings is 3. The molecule has 174 valence electrons. The molecule has 0 aliphatic heterocycles. The van der Waals surface area contributed by atoms with Crippen molar-refractivity contribution in [2.75, 3.05) is 23.8 Å². The van der Waals surface area contributed by atoms with E-state index in [0.29, 0.717) is 40.9 Å². The zero-order chi connectivity index (χ0) is 23.8.